The average Bonchev–Trinajstić information content (AvgIpc) is 1.80. The van der Waals surface area contributed by atoms with Gasteiger partial charge in [0.1, 0.15) is 13.6 Å². The van der Waals surface area contributed by atoms with Gasteiger partial charge in [-0.2, -0.15) is 0 Å². The molecule has 0 radical (unpaired) electrons. The molecule has 0 bridgehead atoms. The molecule has 0 spiro atoms. The quantitative estimate of drug-likeness (QED) is 0.514. The second-order valence-corrected chi connectivity index (χ2v) is 2.37. The molecule has 1 nitrogen and oxygen atoms in total. The van der Waals surface area contributed by atoms with Crippen molar-refractivity contribution in [3.8, 4) is 5.75 Å². The highest BCUT2D eigenvalue weighted by molar-refractivity contribution is 6.35. The third-order valence-electron chi connectivity index (χ3n) is 1.17. The summed E-state index contributed by atoms with van der Waals surface area (Å²) < 4.78 is 0. The molecule has 0 aliphatic rings. The van der Waals surface area contributed by atoms with Crippen LogP contribution < -0.4 is 5.46 Å². The maximum atomic E-state index is 9.02. The number of hydrogen-bond donors (Lipinski definition) is 1. The van der Waals surface area contributed by atoms with Crippen LogP contribution in [0.4, 0.5) is 0 Å². The number of aromatic hydroxyl groups is 1. The first-order chi connectivity index (χ1) is 4.20. The summed E-state index contributed by atoms with van der Waals surface area (Å²) >= 11 is 5.56. The first kappa shape index (κ1) is 6.49. The van der Waals surface area contributed by atoms with Crippen molar-refractivity contribution in [1.82, 2.24) is 0 Å². The van der Waals surface area contributed by atoms with E-state index in [1.807, 2.05) is 7.85 Å². The third kappa shape index (κ3) is 1.39. The molecule has 0 saturated heterocycles. The number of halogens is 1. The van der Waals surface area contributed by atoms with Crippen molar-refractivity contribution in [3.05, 3.63) is 23.2 Å². The largest absolute Gasteiger partial charge is 0.509 e. The zero-order valence-corrected chi connectivity index (χ0v) is 5.81. The molecule has 3 heteroatoms. The zero-order chi connectivity index (χ0) is 6.85. The third-order valence-corrected chi connectivity index (χ3v) is 1.41. The Bertz CT molecular complexity index is 224. The van der Waals surface area contributed by atoms with Crippen LogP contribution in [0.5, 0.6) is 5.75 Å². The van der Waals surface area contributed by atoms with E-state index in [9.17, 15) is 0 Å². The molecular weight excluding hydrogens is 134 g/mol. The van der Waals surface area contributed by atoms with Gasteiger partial charge in [-0.1, -0.05) is 17.7 Å². The number of hydrogen-bond acceptors (Lipinski definition) is 1. The lowest BCUT2D eigenvalue weighted by Crippen LogP contribution is -2.00. The summed E-state index contributed by atoms with van der Waals surface area (Å²) in [5, 5.41) is 9.58. The summed E-state index contributed by atoms with van der Waals surface area (Å²) in [7, 11) is 1.83. The minimum Gasteiger partial charge on any atom is -0.509 e. The Morgan fingerprint density at radius 2 is 2.11 bits per heavy atom. The lowest BCUT2D eigenvalue weighted by molar-refractivity contribution is 0.479. The maximum Gasteiger partial charge on any atom is 0.144 e. The SMILES string of the molecule is Bc1ccc(Cl)cc1O. The van der Waals surface area contributed by atoms with Gasteiger partial charge in [-0.25, -0.2) is 0 Å². The fourth-order valence-electron chi connectivity index (χ4n) is 0.583. The Labute approximate surface area is 59.7 Å². The van der Waals surface area contributed by atoms with Gasteiger partial charge in [-0.15, -0.1) is 0 Å². The van der Waals surface area contributed by atoms with E-state index in [2.05, 4.69) is 0 Å². The standard InChI is InChI=1S/C6H6BClO/c7-5-2-1-4(8)3-6(5)9/h1-3,9H,7H2. The summed E-state index contributed by atoms with van der Waals surface area (Å²) in [5.74, 6) is 0.252. The minimum absolute atomic E-state index is 0.252. The van der Waals surface area contributed by atoms with Gasteiger partial charge < -0.3 is 5.11 Å². The smallest absolute Gasteiger partial charge is 0.144 e. The molecule has 9 heavy (non-hydrogen) atoms. The second kappa shape index (κ2) is 2.32. The van der Waals surface area contributed by atoms with E-state index < -0.39 is 0 Å². The van der Waals surface area contributed by atoms with Crippen molar-refractivity contribution < 1.29 is 5.11 Å². The van der Waals surface area contributed by atoms with E-state index >= 15 is 0 Å². The molecule has 0 unspecified atom stereocenters. The Balaban J connectivity index is 3.17. The van der Waals surface area contributed by atoms with Crippen LogP contribution >= 0.6 is 11.6 Å². The molecule has 0 atom stereocenters. The van der Waals surface area contributed by atoms with Crippen LogP contribution in [0.1, 0.15) is 0 Å². The lowest BCUT2D eigenvalue weighted by Gasteiger charge is -1.95. The van der Waals surface area contributed by atoms with E-state index in [1.54, 1.807) is 12.1 Å². The number of phenols is 1. The molecule has 0 heterocycles. The molecule has 1 N–H and O–H groups in total. The highest BCUT2D eigenvalue weighted by Gasteiger charge is 1.93. The molecule has 1 rings (SSSR count). The van der Waals surface area contributed by atoms with Gasteiger partial charge in [-0.3, -0.25) is 0 Å². The fourth-order valence-corrected chi connectivity index (χ4v) is 0.749. The van der Waals surface area contributed by atoms with Gasteiger partial charge in [-0.05, 0) is 17.6 Å². The molecule has 1 aromatic rings. The summed E-state index contributed by atoms with van der Waals surface area (Å²) in [6, 6.07) is 5.05. The molecule has 0 fully saturated rings. The second-order valence-electron chi connectivity index (χ2n) is 1.93. The predicted octanol–water partition coefficient (Wildman–Crippen LogP) is 0.304. The predicted molar refractivity (Wildman–Crippen MR) is 41.3 cm³/mol. The van der Waals surface area contributed by atoms with E-state index in [1.165, 1.54) is 6.07 Å². The Hall–Kier alpha value is -0.625. The Kier molecular flexibility index (Phi) is 1.67. The van der Waals surface area contributed by atoms with Crippen LogP contribution in [0.3, 0.4) is 0 Å². The molecule has 0 saturated carbocycles. The van der Waals surface area contributed by atoms with Gasteiger partial charge in [0, 0.05) is 5.02 Å². The molecule has 0 amide bonds. The van der Waals surface area contributed by atoms with Crippen molar-refractivity contribution in [2.24, 2.45) is 0 Å². The van der Waals surface area contributed by atoms with Crippen LogP contribution in [0.15, 0.2) is 18.2 Å². The summed E-state index contributed by atoms with van der Waals surface area (Å²) in [6.45, 7) is 0. The topological polar surface area (TPSA) is 20.2 Å². The molecule has 46 valence electrons. The van der Waals surface area contributed by atoms with Crippen LogP contribution in [-0.2, 0) is 0 Å². The van der Waals surface area contributed by atoms with Gasteiger partial charge >= 0.3 is 0 Å². The summed E-state index contributed by atoms with van der Waals surface area (Å²) in [4.78, 5) is 0. The highest BCUT2D eigenvalue weighted by Crippen LogP contribution is 2.12. The van der Waals surface area contributed by atoms with Gasteiger partial charge in [0.05, 0.1) is 0 Å². The molecule has 0 aliphatic carbocycles. The number of phenolic OH excluding ortho intramolecular Hbond substituents is 1. The number of rotatable bonds is 0. The van der Waals surface area contributed by atoms with Gasteiger partial charge in [0.15, 0.2) is 0 Å². The van der Waals surface area contributed by atoms with Gasteiger partial charge in [0.2, 0.25) is 0 Å². The van der Waals surface area contributed by atoms with Crippen molar-refractivity contribution in [1.29, 1.82) is 0 Å². The molecular formula is C6H6BClO. The van der Waals surface area contributed by atoms with E-state index in [-0.39, 0.29) is 5.75 Å². The molecule has 0 aromatic heterocycles. The highest BCUT2D eigenvalue weighted by atomic mass is 35.5. The van der Waals surface area contributed by atoms with Crippen molar-refractivity contribution in [3.63, 3.8) is 0 Å². The van der Waals surface area contributed by atoms with E-state index in [0.29, 0.717) is 5.02 Å². The van der Waals surface area contributed by atoms with Crippen LogP contribution in [-0.4, -0.2) is 13.0 Å². The van der Waals surface area contributed by atoms with Crippen molar-refractivity contribution >= 4 is 24.9 Å². The molecule has 1 aromatic carbocycles. The monoisotopic (exact) mass is 140 g/mol. The van der Waals surface area contributed by atoms with Crippen molar-refractivity contribution in [2.45, 2.75) is 0 Å². The average molecular weight is 140 g/mol. The van der Waals surface area contributed by atoms with E-state index in [4.69, 9.17) is 16.7 Å². The molecule has 0 aliphatic heterocycles. The Morgan fingerprint density at radius 3 is 2.56 bits per heavy atom. The summed E-state index contributed by atoms with van der Waals surface area (Å²) in [6.07, 6.45) is 0. The maximum absolute atomic E-state index is 9.02. The van der Waals surface area contributed by atoms with Crippen molar-refractivity contribution in [2.75, 3.05) is 0 Å². The first-order valence-corrected chi connectivity index (χ1v) is 3.03. The normalized spacial score (nSPS) is 9.44. The number of benzene rings is 1. The van der Waals surface area contributed by atoms with Crippen LogP contribution in [0.25, 0.3) is 0 Å². The fraction of sp³-hybridized carbons (Fsp3) is 0. The minimum atomic E-state index is 0.252. The van der Waals surface area contributed by atoms with Crippen LogP contribution in [0, 0.1) is 0 Å². The summed E-state index contributed by atoms with van der Waals surface area (Å²) in [5.41, 5.74) is 0.847. The van der Waals surface area contributed by atoms with Crippen LogP contribution in [0.2, 0.25) is 5.02 Å². The zero-order valence-electron chi connectivity index (χ0n) is 5.06. The Morgan fingerprint density at radius 1 is 1.44 bits per heavy atom. The van der Waals surface area contributed by atoms with Gasteiger partial charge in [0.25, 0.3) is 0 Å². The first-order valence-electron chi connectivity index (χ1n) is 2.65. The lowest BCUT2D eigenvalue weighted by atomic mass is 9.95. The van der Waals surface area contributed by atoms with E-state index in [0.717, 1.165) is 5.46 Å².